The number of ether oxygens (including phenoxy) is 2. The van der Waals surface area contributed by atoms with Crippen LogP contribution in [0.5, 0.6) is 0 Å². The third-order valence-electron chi connectivity index (χ3n) is 7.96. The molecule has 2 fully saturated rings. The molecule has 0 unspecified atom stereocenters. The van der Waals surface area contributed by atoms with Gasteiger partial charge in [0.15, 0.2) is 11.5 Å². The fourth-order valence-corrected chi connectivity index (χ4v) is 6.02. The zero-order valence-corrected chi connectivity index (χ0v) is 21.6. The van der Waals surface area contributed by atoms with E-state index in [1.165, 1.54) is 0 Å². The lowest BCUT2D eigenvalue weighted by atomic mass is 9.68. The van der Waals surface area contributed by atoms with Crippen LogP contribution in [0.4, 0.5) is 0 Å². The minimum absolute atomic E-state index is 0.476. The van der Waals surface area contributed by atoms with Crippen LogP contribution in [-0.2, 0) is 15.0 Å². The molecule has 1 spiro atoms. The second kappa shape index (κ2) is 8.72. The van der Waals surface area contributed by atoms with Crippen molar-refractivity contribution in [1.29, 1.82) is 0 Å². The predicted molar refractivity (Wildman–Crippen MR) is 148 cm³/mol. The number of hydrogen-bond donors (Lipinski definition) is 1. The van der Waals surface area contributed by atoms with Gasteiger partial charge >= 0.3 is 5.82 Å². The Labute approximate surface area is 229 Å². The van der Waals surface area contributed by atoms with Gasteiger partial charge in [-0.3, -0.25) is 9.97 Å². The third kappa shape index (κ3) is 3.63. The summed E-state index contributed by atoms with van der Waals surface area (Å²) in [6, 6.07) is 22.7. The Kier molecular flexibility index (Phi) is 5.09. The molecule has 2 N–H and O–H groups in total. The number of rotatable bonds is 4. The van der Waals surface area contributed by atoms with E-state index in [0.29, 0.717) is 37.6 Å². The van der Waals surface area contributed by atoms with Gasteiger partial charge < -0.3 is 15.2 Å². The summed E-state index contributed by atoms with van der Waals surface area (Å²) in [5, 5.41) is 6.02. The van der Waals surface area contributed by atoms with Crippen molar-refractivity contribution >= 4 is 16.6 Å². The molecule has 1 aliphatic carbocycles. The molecule has 0 bridgehead atoms. The lowest BCUT2D eigenvalue weighted by Gasteiger charge is -2.50. The lowest BCUT2D eigenvalue weighted by molar-refractivity contribution is -0.498. The van der Waals surface area contributed by atoms with Crippen LogP contribution >= 0.6 is 0 Å². The first-order valence-electron chi connectivity index (χ1n) is 13.3. The quantitative estimate of drug-likeness (QED) is 0.345. The van der Waals surface area contributed by atoms with Gasteiger partial charge in [-0.05, 0) is 35.4 Å². The Morgan fingerprint density at radius 1 is 0.850 bits per heavy atom. The fraction of sp³-hybridized carbons (Fsp3) is 0.194. The summed E-state index contributed by atoms with van der Waals surface area (Å²) in [5.41, 5.74) is 12.8. The zero-order chi connectivity index (χ0) is 26.7. The molecule has 0 amide bonds. The third-order valence-corrected chi connectivity index (χ3v) is 7.96. The number of fused-ring (bicyclic) bond motifs is 3. The summed E-state index contributed by atoms with van der Waals surface area (Å²) >= 11 is 0. The highest BCUT2D eigenvalue weighted by Gasteiger charge is 2.57. The highest BCUT2D eigenvalue weighted by atomic mass is 16.7. The van der Waals surface area contributed by atoms with E-state index in [0.717, 1.165) is 38.9 Å². The number of pyridine rings is 2. The molecule has 9 heteroatoms. The first-order valence-corrected chi connectivity index (χ1v) is 13.3. The number of aromatic nitrogens is 6. The largest absolute Gasteiger partial charge is 0.347 e. The summed E-state index contributed by atoms with van der Waals surface area (Å²) in [4.78, 5) is 13.6. The van der Waals surface area contributed by atoms with Crippen molar-refractivity contribution in [1.82, 2.24) is 24.7 Å². The SMILES string of the molecule is NC1(c2ccc(-n3nc(-c4cnccn4)[n+]4ccc5ncc(-c6ccccc6)cc5c34)cc2)CC2(C1)OCCO2. The Hall–Kier alpha value is -4.57. The first-order chi connectivity index (χ1) is 19.6. The fourth-order valence-electron chi connectivity index (χ4n) is 6.02. The van der Waals surface area contributed by atoms with Gasteiger partial charge in [0, 0.05) is 37.0 Å². The van der Waals surface area contributed by atoms with Crippen molar-refractivity contribution in [2.24, 2.45) is 5.73 Å². The van der Waals surface area contributed by atoms with Gasteiger partial charge in [0.2, 0.25) is 0 Å². The Bertz CT molecular complexity index is 1860. The molecule has 196 valence electrons. The smallest absolute Gasteiger partial charge is 0.334 e. The van der Waals surface area contributed by atoms with Gasteiger partial charge in [0.05, 0.1) is 47.1 Å². The average Bonchev–Trinajstić information content (AvgIpc) is 3.63. The molecule has 1 saturated heterocycles. The van der Waals surface area contributed by atoms with E-state index in [9.17, 15) is 0 Å². The predicted octanol–water partition coefficient (Wildman–Crippen LogP) is 3.97. The molecule has 9 nitrogen and oxygen atoms in total. The van der Waals surface area contributed by atoms with Crippen LogP contribution < -0.4 is 10.1 Å². The van der Waals surface area contributed by atoms with Gasteiger partial charge in [-0.15, -0.1) is 0 Å². The molecule has 0 atom stereocenters. The average molecular weight is 529 g/mol. The Balaban J connectivity index is 1.28. The van der Waals surface area contributed by atoms with Crippen molar-refractivity contribution in [3.63, 3.8) is 0 Å². The van der Waals surface area contributed by atoms with Crippen LogP contribution in [0.3, 0.4) is 0 Å². The number of nitrogens with zero attached hydrogens (tertiary/aromatic N) is 6. The number of hydrogen-bond acceptors (Lipinski definition) is 7. The molecule has 8 rings (SSSR count). The van der Waals surface area contributed by atoms with Crippen LogP contribution in [-0.4, -0.2) is 43.7 Å². The van der Waals surface area contributed by atoms with Gasteiger partial charge in [0.1, 0.15) is 5.69 Å². The van der Waals surface area contributed by atoms with Crippen LogP contribution in [0.2, 0.25) is 0 Å². The van der Waals surface area contributed by atoms with E-state index in [2.05, 4.69) is 52.4 Å². The van der Waals surface area contributed by atoms with E-state index in [4.69, 9.17) is 25.3 Å². The molecular formula is C31H26N7O2+. The molecule has 40 heavy (non-hydrogen) atoms. The van der Waals surface area contributed by atoms with Gasteiger partial charge in [0.25, 0.3) is 5.65 Å². The van der Waals surface area contributed by atoms with E-state index >= 15 is 0 Å². The van der Waals surface area contributed by atoms with Gasteiger partial charge in [-0.2, -0.15) is 4.40 Å². The topological polar surface area (TPSA) is 105 Å². The highest BCUT2D eigenvalue weighted by molar-refractivity contribution is 5.93. The van der Waals surface area contributed by atoms with E-state index in [1.807, 2.05) is 45.7 Å². The van der Waals surface area contributed by atoms with Crippen molar-refractivity contribution in [2.75, 3.05) is 13.2 Å². The minimum atomic E-state index is -0.518. The molecule has 4 aromatic heterocycles. The van der Waals surface area contributed by atoms with Crippen LogP contribution in [0.15, 0.2) is 97.7 Å². The van der Waals surface area contributed by atoms with Gasteiger partial charge in [-0.25, -0.2) is 4.98 Å². The van der Waals surface area contributed by atoms with E-state index in [-0.39, 0.29) is 0 Å². The number of nitrogens with two attached hydrogens (primary N) is 1. The summed E-state index contributed by atoms with van der Waals surface area (Å²) in [6.07, 6.45) is 10.3. The molecular weight excluding hydrogens is 502 g/mol. The Morgan fingerprint density at radius 2 is 1.65 bits per heavy atom. The maximum absolute atomic E-state index is 6.77. The normalized spacial score (nSPS) is 17.4. The molecule has 1 aliphatic heterocycles. The maximum atomic E-state index is 6.77. The maximum Gasteiger partial charge on any atom is 0.334 e. The first kappa shape index (κ1) is 23.3. The van der Waals surface area contributed by atoms with Crippen LogP contribution in [0, 0.1) is 0 Å². The summed E-state index contributed by atoms with van der Waals surface area (Å²) in [5.74, 6) is 0.168. The monoisotopic (exact) mass is 528 g/mol. The minimum Gasteiger partial charge on any atom is -0.347 e. The lowest BCUT2D eigenvalue weighted by Crippen LogP contribution is -2.60. The van der Waals surface area contributed by atoms with Crippen LogP contribution in [0.25, 0.3) is 44.9 Å². The summed E-state index contributed by atoms with van der Waals surface area (Å²) in [7, 11) is 0. The highest BCUT2D eigenvalue weighted by Crippen LogP contribution is 2.51. The summed E-state index contributed by atoms with van der Waals surface area (Å²) in [6.45, 7) is 1.25. The zero-order valence-electron chi connectivity index (χ0n) is 21.6. The van der Waals surface area contributed by atoms with Crippen molar-refractivity contribution in [3.8, 4) is 28.3 Å². The molecule has 2 aromatic carbocycles. The van der Waals surface area contributed by atoms with Crippen LogP contribution in [0.1, 0.15) is 18.4 Å². The van der Waals surface area contributed by atoms with Crippen molar-refractivity contribution in [2.45, 2.75) is 24.2 Å². The van der Waals surface area contributed by atoms with Crippen molar-refractivity contribution in [3.05, 3.63) is 103 Å². The molecule has 5 heterocycles. The van der Waals surface area contributed by atoms with E-state index in [1.54, 1.807) is 18.6 Å². The Morgan fingerprint density at radius 3 is 2.40 bits per heavy atom. The second-order valence-corrected chi connectivity index (χ2v) is 10.5. The van der Waals surface area contributed by atoms with Crippen molar-refractivity contribution < 1.29 is 13.9 Å². The molecule has 1 saturated carbocycles. The van der Waals surface area contributed by atoms with E-state index < -0.39 is 11.3 Å². The summed E-state index contributed by atoms with van der Waals surface area (Å²) < 4.78 is 15.6. The molecule has 0 radical (unpaired) electrons. The molecule has 2 aliphatic rings. The van der Waals surface area contributed by atoms with Gasteiger partial charge in [-0.1, -0.05) is 47.1 Å². The number of benzene rings is 2. The second-order valence-electron chi connectivity index (χ2n) is 10.5. The standard InChI is InChI=1S/C31H26N7O2/c32-30(19-31(20-30)39-14-15-40-31)23-6-8-24(9-7-23)38-29-25-16-22(21-4-2-1-3-5-21)17-35-26(25)10-13-37(29)28(36-38)27-18-33-11-12-34-27/h1-13,16-18H,14-15,19-20,32H2/q+1. The molecule has 6 aromatic rings.